The maximum Gasteiger partial charge on any atom is 0.191 e. The number of nitrogens with one attached hydrogen (secondary N) is 2. The van der Waals surface area contributed by atoms with Gasteiger partial charge < -0.3 is 20.3 Å². The Bertz CT molecular complexity index is 767. The molecule has 0 spiro atoms. The van der Waals surface area contributed by atoms with Gasteiger partial charge in [-0.2, -0.15) is 0 Å². The van der Waals surface area contributed by atoms with Crippen LogP contribution in [-0.2, 0) is 0 Å². The number of benzene rings is 1. The highest BCUT2D eigenvalue weighted by atomic mass is 127. The standard InChI is InChI=1S/C22H30FN5O.HI/c1-3-24-22(26-16-17(2)29-20-9-7-18(23)8-10-20)27-19-11-14-28(15-12-19)21-6-4-5-13-25-21;/h4-10,13,17,19H,3,11-12,14-16H2,1-2H3,(H2,24,26,27);1H. The van der Waals surface area contributed by atoms with Crippen LogP contribution in [0.1, 0.15) is 26.7 Å². The second-order valence-electron chi connectivity index (χ2n) is 7.20. The Labute approximate surface area is 195 Å². The molecule has 8 heteroatoms. The predicted octanol–water partition coefficient (Wildman–Crippen LogP) is 3.83. The first-order valence-electron chi connectivity index (χ1n) is 10.3. The van der Waals surface area contributed by atoms with Gasteiger partial charge in [0.15, 0.2) is 5.96 Å². The average molecular weight is 527 g/mol. The number of pyridine rings is 1. The van der Waals surface area contributed by atoms with Crippen LogP contribution in [0.3, 0.4) is 0 Å². The summed E-state index contributed by atoms with van der Waals surface area (Å²) in [6.07, 6.45) is 3.79. The maximum absolute atomic E-state index is 13.0. The third-order valence-corrected chi connectivity index (χ3v) is 4.81. The number of aromatic nitrogens is 1. The molecule has 1 aliphatic rings. The van der Waals surface area contributed by atoms with E-state index in [0.29, 0.717) is 18.3 Å². The first-order chi connectivity index (χ1) is 14.1. The summed E-state index contributed by atoms with van der Waals surface area (Å²) in [5.74, 6) is 2.22. The van der Waals surface area contributed by atoms with Gasteiger partial charge >= 0.3 is 0 Å². The number of guanidine groups is 1. The van der Waals surface area contributed by atoms with Gasteiger partial charge in [0, 0.05) is 31.9 Å². The number of nitrogens with zero attached hydrogens (tertiary/aromatic N) is 3. The van der Waals surface area contributed by atoms with Crippen molar-refractivity contribution in [3.63, 3.8) is 0 Å². The number of rotatable bonds is 7. The van der Waals surface area contributed by atoms with Gasteiger partial charge in [-0.1, -0.05) is 6.07 Å². The molecule has 1 aromatic carbocycles. The molecule has 2 heterocycles. The van der Waals surface area contributed by atoms with Crippen LogP contribution in [-0.4, -0.2) is 49.3 Å². The summed E-state index contributed by atoms with van der Waals surface area (Å²) in [6.45, 7) is 7.27. The SMILES string of the molecule is CCNC(=NCC(C)Oc1ccc(F)cc1)NC1CCN(c2ccccn2)CC1.I. The normalized spacial score (nSPS) is 15.8. The lowest BCUT2D eigenvalue weighted by atomic mass is 10.1. The minimum atomic E-state index is -0.268. The molecule has 1 aliphatic heterocycles. The van der Waals surface area contributed by atoms with Crippen molar-refractivity contribution in [3.8, 4) is 5.75 Å². The summed E-state index contributed by atoms with van der Waals surface area (Å²) in [4.78, 5) is 11.4. The minimum absolute atomic E-state index is 0. The fraction of sp³-hybridized carbons (Fsp3) is 0.455. The molecule has 0 radical (unpaired) electrons. The average Bonchev–Trinajstić information content (AvgIpc) is 2.75. The van der Waals surface area contributed by atoms with Crippen LogP contribution < -0.4 is 20.3 Å². The van der Waals surface area contributed by atoms with E-state index in [1.807, 2.05) is 25.3 Å². The quantitative estimate of drug-likeness (QED) is 0.326. The van der Waals surface area contributed by atoms with E-state index in [9.17, 15) is 4.39 Å². The lowest BCUT2D eigenvalue weighted by Crippen LogP contribution is -2.49. The van der Waals surface area contributed by atoms with Gasteiger partial charge in [0.2, 0.25) is 0 Å². The van der Waals surface area contributed by atoms with E-state index in [4.69, 9.17) is 4.74 Å². The van der Waals surface area contributed by atoms with E-state index >= 15 is 0 Å². The highest BCUT2D eigenvalue weighted by Crippen LogP contribution is 2.17. The molecule has 164 valence electrons. The van der Waals surface area contributed by atoms with Gasteiger partial charge in [0.25, 0.3) is 0 Å². The predicted molar refractivity (Wildman–Crippen MR) is 130 cm³/mol. The van der Waals surface area contributed by atoms with Crippen LogP contribution in [0.25, 0.3) is 0 Å². The number of ether oxygens (including phenoxy) is 1. The van der Waals surface area contributed by atoms with Crippen molar-refractivity contribution in [3.05, 3.63) is 54.5 Å². The molecule has 0 aliphatic carbocycles. The largest absolute Gasteiger partial charge is 0.489 e. The second kappa shape index (κ2) is 12.6. The van der Waals surface area contributed by atoms with Crippen LogP contribution in [0.15, 0.2) is 53.7 Å². The van der Waals surface area contributed by atoms with E-state index in [1.54, 1.807) is 12.1 Å². The van der Waals surface area contributed by atoms with Crippen LogP contribution in [0, 0.1) is 5.82 Å². The Morgan fingerprint density at radius 2 is 1.97 bits per heavy atom. The molecule has 0 bridgehead atoms. The Morgan fingerprint density at radius 1 is 1.23 bits per heavy atom. The summed E-state index contributed by atoms with van der Waals surface area (Å²) in [6, 6.07) is 12.5. The zero-order valence-electron chi connectivity index (χ0n) is 17.6. The number of piperidine rings is 1. The molecule has 0 saturated carbocycles. The van der Waals surface area contributed by atoms with Gasteiger partial charge in [-0.25, -0.2) is 14.4 Å². The first-order valence-corrected chi connectivity index (χ1v) is 10.3. The molecular formula is C22H31FIN5O. The topological polar surface area (TPSA) is 61.8 Å². The Balaban J connectivity index is 0.00000320. The highest BCUT2D eigenvalue weighted by molar-refractivity contribution is 14.0. The van der Waals surface area contributed by atoms with Crippen molar-refractivity contribution in [2.75, 3.05) is 31.1 Å². The lowest BCUT2D eigenvalue weighted by molar-refractivity contribution is 0.230. The van der Waals surface area contributed by atoms with E-state index in [1.165, 1.54) is 12.1 Å². The lowest BCUT2D eigenvalue weighted by Gasteiger charge is -2.33. The molecule has 1 saturated heterocycles. The number of hydrogen-bond acceptors (Lipinski definition) is 4. The van der Waals surface area contributed by atoms with Crippen molar-refractivity contribution in [2.24, 2.45) is 4.99 Å². The molecule has 1 atom stereocenters. The third kappa shape index (κ3) is 7.62. The van der Waals surface area contributed by atoms with Gasteiger partial charge in [0.1, 0.15) is 23.5 Å². The number of anilines is 1. The zero-order chi connectivity index (χ0) is 20.5. The summed E-state index contributed by atoms with van der Waals surface area (Å²) in [7, 11) is 0. The first kappa shape index (κ1) is 24.2. The monoisotopic (exact) mass is 527 g/mol. The fourth-order valence-corrected chi connectivity index (χ4v) is 3.31. The van der Waals surface area contributed by atoms with Crippen LogP contribution in [0.5, 0.6) is 5.75 Å². The fourth-order valence-electron chi connectivity index (χ4n) is 3.31. The van der Waals surface area contributed by atoms with E-state index in [2.05, 4.69) is 38.5 Å². The van der Waals surface area contributed by atoms with E-state index in [0.717, 1.165) is 44.3 Å². The van der Waals surface area contributed by atoms with Crippen LogP contribution in [0.2, 0.25) is 0 Å². The minimum Gasteiger partial charge on any atom is -0.489 e. The van der Waals surface area contributed by atoms with Crippen molar-refractivity contribution in [2.45, 2.75) is 38.8 Å². The van der Waals surface area contributed by atoms with Crippen molar-refractivity contribution in [1.29, 1.82) is 0 Å². The Kier molecular flexibility index (Phi) is 10.1. The molecule has 1 fully saturated rings. The molecular weight excluding hydrogens is 496 g/mol. The summed E-state index contributed by atoms with van der Waals surface area (Å²) in [5, 5.41) is 6.85. The number of halogens is 2. The summed E-state index contributed by atoms with van der Waals surface area (Å²) < 4.78 is 18.8. The van der Waals surface area contributed by atoms with Crippen molar-refractivity contribution < 1.29 is 9.13 Å². The zero-order valence-corrected chi connectivity index (χ0v) is 19.9. The second-order valence-corrected chi connectivity index (χ2v) is 7.20. The smallest absolute Gasteiger partial charge is 0.191 e. The molecule has 1 aromatic heterocycles. The maximum atomic E-state index is 13.0. The number of hydrogen-bond donors (Lipinski definition) is 2. The van der Waals surface area contributed by atoms with E-state index < -0.39 is 0 Å². The highest BCUT2D eigenvalue weighted by Gasteiger charge is 2.20. The Hall–Kier alpha value is -2.10. The van der Waals surface area contributed by atoms with Crippen LogP contribution >= 0.6 is 24.0 Å². The van der Waals surface area contributed by atoms with Gasteiger partial charge in [0.05, 0.1) is 6.54 Å². The molecule has 30 heavy (non-hydrogen) atoms. The molecule has 2 N–H and O–H groups in total. The number of aliphatic imine (C=N–C) groups is 1. The molecule has 3 rings (SSSR count). The summed E-state index contributed by atoms with van der Waals surface area (Å²) in [5.41, 5.74) is 0. The molecule has 1 unspecified atom stereocenters. The Morgan fingerprint density at radius 3 is 2.60 bits per heavy atom. The molecule has 6 nitrogen and oxygen atoms in total. The van der Waals surface area contributed by atoms with Crippen LogP contribution in [0.4, 0.5) is 10.2 Å². The van der Waals surface area contributed by atoms with Crippen molar-refractivity contribution >= 4 is 35.8 Å². The summed E-state index contributed by atoms with van der Waals surface area (Å²) >= 11 is 0. The van der Waals surface area contributed by atoms with Gasteiger partial charge in [-0.3, -0.25) is 0 Å². The van der Waals surface area contributed by atoms with Gasteiger partial charge in [-0.15, -0.1) is 24.0 Å². The molecule has 0 amide bonds. The van der Waals surface area contributed by atoms with Gasteiger partial charge in [-0.05, 0) is 63.1 Å². The van der Waals surface area contributed by atoms with E-state index in [-0.39, 0.29) is 35.9 Å². The van der Waals surface area contributed by atoms with Crippen molar-refractivity contribution in [1.82, 2.24) is 15.6 Å². The molecule has 2 aromatic rings. The third-order valence-electron chi connectivity index (χ3n) is 4.81.